The molecule has 0 bridgehead atoms. The lowest BCUT2D eigenvalue weighted by Gasteiger charge is -2.23. The summed E-state index contributed by atoms with van der Waals surface area (Å²) in [5, 5.41) is 12.0. The second-order valence-corrected chi connectivity index (χ2v) is 3.30. The number of hydrogen-bond donors (Lipinski definition) is 1. The Labute approximate surface area is 83.3 Å². The minimum Gasteiger partial charge on any atom is -0.371 e. The first-order chi connectivity index (χ1) is 6.90. The zero-order chi connectivity index (χ0) is 9.80. The van der Waals surface area contributed by atoms with Crippen molar-refractivity contribution in [2.75, 3.05) is 19.7 Å². The molecule has 1 saturated heterocycles. The van der Waals surface area contributed by atoms with E-state index in [0.29, 0.717) is 5.56 Å². The predicted molar refractivity (Wildman–Crippen MR) is 52.7 cm³/mol. The highest BCUT2D eigenvalue weighted by atomic mass is 16.5. The summed E-state index contributed by atoms with van der Waals surface area (Å²) in [7, 11) is 0. The molecule has 0 radical (unpaired) electrons. The summed E-state index contributed by atoms with van der Waals surface area (Å²) in [6, 6.07) is 9.72. The molecule has 1 atom stereocenters. The van der Waals surface area contributed by atoms with Gasteiger partial charge in [-0.15, -0.1) is 0 Å². The second kappa shape index (κ2) is 4.23. The van der Waals surface area contributed by atoms with E-state index in [4.69, 9.17) is 10.00 Å². The van der Waals surface area contributed by atoms with Crippen molar-refractivity contribution >= 4 is 0 Å². The topological polar surface area (TPSA) is 45.0 Å². The van der Waals surface area contributed by atoms with Crippen LogP contribution >= 0.6 is 0 Å². The number of nitriles is 1. The summed E-state index contributed by atoms with van der Waals surface area (Å²) >= 11 is 0. The lowest BCUT2D eigenvalue weighted by Crippen LogP contribution is -2.33. The van der Waals surface area contributed by atoms with E-state index in [9.17, 15) is 0 Å². The van der Waals surface area contributed by atoms with Crippen LogP contribution in [0.15, 0.2) is 24.3 Å². The van der Waals surface area contributed by atoms with Crippen molar-refractivity contribution in [3.05, 3.63) is 35.4 Å². The fourth-order valence-corrected chi connectivity index (χ4v) is 1.59. The van der Waals surface area contributed by atoms with Crippen LogP contribution in [0.2, 0.25) is 0 Å². The number of rotatable bonds is 1. The van der Waals surface area contributed by atoms with Crippen LogP contribution in [-0.4, -0.2) is 19.7 Å². The molecule has 0 aliphatic carbocycles. The Morgan fingerprint density at radius 1 is 1.50 bits per heavy atom. The van der Waals surface area contributed by atoms with Crippen LogP contribution < -0.4 is 5.32 Å². The Hall–Kier alpha value is -1.37. The molecule has 1 N–H and O–H groups in total. The van der Waals surface area contributed by atoms with E-state index in [1.54, 1.807) is 6.07 Å². The maximum Gasteiger partial charge on any atom is 0.0991 e. The normalized spacial score (nSPS) is 21.5. The van der Waals surface area contributed by atoms with Crippen LogP contribution in [0.4, 0.5) is 0 Å². The zero-order valence-corrected chi connectivity index (χ0v) is 7.86. The van der Waals surface area contributed by atoms with E-state index >= 15 is 0 Å². The van der Waals surface area contributed by atoms with Gasteiger partial charge in [-0.05, 0) is 17.7 Å². The third-order valence-corrected chi connectivity index (χ3v) is 2.32. The Morgan fingerprint density at radius 3 is 3.14 bits per heavy atom. The fourth-order valence-electron chi connectivity index (χ4n) is 1.59. The van der Waals surface area contributed by atoms with E-state index in [-0.39, 0.29) is 6.10 Å². The van der Waals surface area contributed by atoms with E-state index in [1.165, 1.54) is 0 Å². The van der Waals surface area contributed by atoms with Gasteiger partial charge in [-0.25, -0.2) is 0 Å². The van der Waals surface area contributed by atoms with Crippen molar-refractivity contribution in [1.29, 1.82) is 5.26 Å². The van der Waals surface area contributed by atoms with E-state index in [2.05, 4.69) is 11.4 Å². The molecule has 0 amide bonds. The molecule has 1 fully saturated rings. The third-order valence-electron chi connectivity index (χ3n) is 2.32. The minimum absolute atomic E-state index is 0.0945. The number of nitrogens with zero attached hydrogens (tertiary/aromatic N) is 1. The number of hydrogen-bond acceptors (Lipinski definition) is 3. The first-order valence-electron chi connectivity index (χ1n) is 4.72. The Morgan fingerprint density at radius 2 is 2.43 bits per heavy atom. The average molecular weight is 188 g/mol. The van der Waals surface area contributed by atoms with Crippen LogP contribution in [0.1, 0.15) is 17.2 Å². The van der Waals surface area contributed by atoms with Crippen LogP contribution in [0, 0.1) is 11.3 Å². The second-order valence-electron chi connectivity index (χ2n) is 3.30. The quantitative estimate of drug-likeness (QED) is 0.720. The number of benzene rings is 1. The molecule has 2 rings (SSSR count). The molecule has 0 aromatic heterocycles. The lowest BCUT2D eigenvalue weighted by atomic mass is 10.1. The van der Waals surface area contributed by atoms with Crippen LogP contribution in [-0.2, 0) is 4.74 Å². The summed E-state index contributed by atoms with van der Waals surface area (Å²) in [6.07, 6.45) is 0.0945. The number of ether oxygens (including phenoxy) is 1. The van der Waals surface area contributed by atoms with Gasteiger partial charge in [0.25, 0.3) is 0 Å². The minimum atomic E-state index is 0.0945. The summed E-state index contributed by atoms with van der Waals surface area (Å²) < 4.78 is 5.59. The maximum atomic E-state index is 8.75. The Kier molecular flexibility index (Phi) is 2.78. The summed E-state index contributed by atoms with van der Waals surface area (Å²) in [4.78, 5) is 0. The fraction of sp³-hybridized carbons (Fsp3) is 0.364. The first-order valence-corrected chi connectivity index (χ1v) is 4.72. The number of morpholine rings is 1. The van der Waals surface area contributed by atoms with E-state index < -0.39 is 0 Å². The molecule has 1 aliphatic rings. The summed E-state index contributed by atoms with van der Waals surface area (Å²) in [5.41, 5.74) is 1.77. The Bertz CT molecular complexity index is 351. The number of nitrogens with one attached hydrogen (secondary N) is 1. The van der Waals surface area contributed by atoms with Crippen molar-refractivity contribution in [3.63, 3.8) is 0 Å². The van der Waals surface area contributed by atoms with E-state index in [1.807, 2.05) is 18.2 Å². The van der Waals surface area contributed by atoms with Gasteiger partial charge in [0.15, 0.2) is 0 Å². The first kappa shape index (κ1) is 9.20. The smallest absolute Gasteiger partial charge is 0.0991 e. The largest absolute Gasteiger partial charge is 0.371 e. The van der Waals surface area contributed by atoms with Gasteiger partial charge < -0.3 is 10.1 Å². The van der Waals surface area contributed by atoms with Crippen molar-refractivity contribution in [3.8, 4) is 6.07 Å². The molecule has 1 aromatic carbocycles. The van der Waals surface area contributed by atoms with Crippen LogP contribution in [0.5, 0.6) is 0 Å². The molecule has 0 unspecified atom stereocenters. The predicted octanol–water partition coefficient (Wildman–Crippen LogP) is 1.22. The standard InChI is InChI=1S/C11H12N2O/c12-7-9-2-1-3-10(6-9)11-8-13-4-5-14-11/h1-3,6,11,13H,4-5,8H2/t11-/m1/s1. The van der Waals surface area contributed by atoms with Crippen molar-refractivity contribution in [2.45, 2.75) is 6.10 Å². The van der Waals surface area contributed by atoms with Crippen molar-refractivity contribution in [1.82, 2.24) is 5.32 Å². The molecular formula is C11H12N2O. The van der Waals surface area contributed by atoms with Gasteiger partial charge >= 0.3 is 0 Å². The van der Waals surface area contributed by atoms with Crippen LogP contribution in [0.25, 0.3) is 0 Å². The summed E-state index contributed by atoms with van der Waals surface area (Å²) in [6.45, 7) is 2.48. The van der Waals surface area contributed by atoms with E-state index in [0.717, 1.165) is 25.3 Å². The summed E-state index contributed by atoms with van der Waals surface area (Å²) in [5.74, 6) is 0. The zero-order valence-electron chi connectivity index (χ0n) is 7.86. The molecule has 1 aliphatic heterocycles. The third kappa shape index (κ3) is 1.92. The highest BCUT2D eigenvalue weighted by molar-refractivity contribution is 5.34. The highest BCUT2D eigenvalue weighted by Gasteiger charge is 2.15. The molecule has 14 heavy (non-hydrogen) atoms. The van der Waals surface area contributed by atoms with Crippen molar-refractivity contribution in [2.24, 2.45) is 0 Å². The molecule has 1 aromatic rings. The molecule has 72 valence electrons. The molecule has 1 heterocycles. The van der Waals surface area contributed by atoms with Gasteiger partial charge in [0, 0.05) is 13.1 Å². The van der Waals surface area contributed by atoms with Gasteiger partial charge in [0.1, 0.15) is 0 Å². The van der Waals surface area contributed by atoms with Gasteiger partial charge in [0.2, 0.25) is 0 Å². The molecule has 0 saturated carbocycles. The maximum absolute atomic E-state index is 8.75. The lowest BCUT2D eigenvalue weighted by molar-refractivity contribution is 0.0277. The molecule has 3 nitrogen and oxygen atoms in total. The molecule has 3 heteroatoms. The van der Waals surface area contributed by atoms with Gasteiger partial charge in [-0.1, -0.05) is 12.1 Å². The van der Waals surface area contributed by atoms with Gasteiger partial charge in [-0.3, -0.25) is 0 Å². The molecule has 0 spiro atoms. The highest BCUT2D eigenvalue weighted by Crippen LogP contribution is 2.19. The van der Waals surface area contributed by atoms with Crippen molar-refractivity contribution < 1.29 is 4.74 Å². The average Bonchev–Trinajstić information content (AvgIpc) is 2.30. The van der Waals surface area contributed by atoms with Gasteiger partial charge in [-0.2, -0.15) is 5.26 Å². The SMILES string of the molecule is N#Cc1cccc([C@H]2CNCCO2)c1. The monoisotopic (exact) mass is 188 g/mol. The molecular weight excluding hydrogens is 176 g/mol. The van der Waals surface area contributed by atoms with Gasteiger partial charge in [0.05, 0.1) is 24.3 Å². The van der Waals surface area contributed by atoms with Crippen LogP contribution in [0.3, 0.4) is 0 Å². The Balaban J connectivity index is 2.18.